The van der Waals surface area contributed by atoms with Gasteiger partial charge in [-0.1, -0.05) is 105 Å². The summed E-state index contributed by atoms with van der Waals surface area (Å²) < 4.78 is 65.8. The second-order valence-corrected chi connectivity index (χ2v) is 41.6. The Morgan fingerprint density at radius 1 is 0.250 bits per heavy atom. The summed E-state index contributed by atoms with van der Waals surface area (Å²) in [4.78, 5) is 0. The Morgan fingerprint density at radius 2 is 0.586 bits per heavy atom. The predicted molar refractivity (Wildman–Crippen MR) is 524 cm³/mol. The molecule has 0 atom stereocenters. The third kappa shape index (κ3) is 14.2. The number of pyridine rings is 7. The molecule has 0 N–H and O–H groups in total. The quantitative estimate of drug-likeness (QED) is 0.147. The zero-order valence-corrected chi connectivity index (χ0v) is 76.9. The average molecular weight is 1800 g/mol. The minimum absolute atomic E-state index is 0.154. The van der Waals surface area contributed by atoms with Gasteiger partial charge in [0.05, 0.1) is 76.6 Å². The number of aromatic nitrogens is 7. The molecule has 22 aromatic rings. The lowest BCUT2D eigenvalue weighted by atomic mass is 9.85. The summed E-state index contributed by atoms with van der Waals surface area (Å²) in [7, 11) is 0. The molecule has 7 nitrogen and oxygen atoms in total. The highest BCUT2D eigenvalue weighted by atomic mass is 32.1. The molecule has 21 heterocycles. The molecule has 0 saturated heterocycles. The van der Waals surface area contributed by atoms with Gasteiger partial charge in [-0.15, -0.1) is 79.4 Å². The van der Waals surface area contributed by atoms with Gasteiger partial charge >= 0.3 is 0 Å². The molecule has 620 valence electrons. The van der Waals surface area contributed by atoms with Crippen LogP contribution in [0.25, 0.3) is 161 Å². The van der Waals surface area contributed by atoms with Gasteiger partial charge in [0.2, 0.25) is 39.9 Å². The first kappa shape index (κ1) is 79.9. The van der Waals surface area contributed by atoms with Crippen LogP contribution in [0.1, 0.15) is 82.0 Å². The Kier molecular flexibility index (Phi) is 20.1. The molecular weight excluding hydrogens is 1710 g/mol. The summed E-state index contributed by atoms with van der Waals surface area (Å²) in [5.41, 5.74) is 35.1. The number of thiophene rings is 7. The third-order valence-electron chi connectivity index (χ3n) is 25.9. The van der Waals surface area contributed by atoms with E-state index >= 15 is 0 Å². The van der Waals surface area contributed by atoms with Gasteiger partial charge in [-0.2, -0.15) is 32.0 Å². The number of rotatable bonds is 1. The van der Waals surface area contributed by atoms with Crippen molar-refractivity contribution in [2.75, 3.05) is 0 Å². The minimum atomic E-state index is -0.513. The number of hydrogen-bond donors (Lipinski definition) is 0. The maximum atomic E-state index is 14.0. The van der Waals surface area contributed by atoms with Crippen LogP contribution < -0.4 is 32.0 Å². The van der Waals surface area contributed by atoms with Crippen molar-refractivity contribution in [2.24, 2.45) is 0 Å². The molecule has 0 aliphatic carbocycles. The molecule has 8 aromatic carbocycles. The monoisotopic (exact) mass is 1800 g/mol. The van der Waals surface area contributed by atoms with Gasteiger partial charge in [0.15, 0.2) is 89.2 Å². The van der Waals surface area contributed by atoms with Crippen LogP contribution in [-0.4, -0.2) is 0 Å². The second kappa shape index (κ2) is 32.3. The average Bonchev–Trinajstić information content (AvgIpc) is 1.63. The molecule has 0 saturated carbocycles. The van der Waals surface area contributed by atoms with Gasteiger partial charge in [0.25, 0.3) is 0 Å². The Balaban J connectivity index is 0.0000000856. The molecule has 0 bridgehead atoms. The summed E-state index contributed by atoms with van der Waals surface area (Å²) in [5.74, 6) is -1.14. The SMILES string of the molecule is CC(C)(C)c1ccc2c(c1)C[n+]1ccc3sccc3c1-2.Cc1cc(C)c2c(c1)C[n+]1ccc3sccc3c1-2.Cc1ccc2c(c1)C[n+]1ccc3sccc3c1-2.Fc1cc(F)c2c(c1)C[n+]1ccc3sccc3c1-2.Fc1ccc2c(c1)C[n+]1ccc3sccc3c1-2.c1ccc(-c2ccc3c(c2)C[n+]2ccc4sccc4c2-3)cc1.c1ccc2c(c1)C[n+]1ccc3sccc3c1-2. The van der Waals surface area contributed by atoms with Crippen molar-refractivity contribution in [3.63, 3.8) is 0 Å². The van der Waals surface area contributed by atoms with Crippen molar-refractivity contribution in [3.05, 3.63) is 396 Å². The van der Waals surface area contributed by atoms with E-state index < -0.39 is 11.6 Å². The van der Waals surface area contributed by atoms with Crippen LogP contribution in [0.4, 0.5) is 13.2 Å². The van der Waals surface area contributed by atoms with E-state index in [0.29, 0.717) is 17.7 Å². The van der Waals surface area contributed by atoms with Crippen LogP contribution in [0.15, 0.2) is 318 Å². The second-order valence-electron chi connectivity index (χ2n) is 35.0. The number of aryl methyl sites for hydroxylation is 3. The number of nitrogens with zero attached hydrogens (tertiary/aromatic N) is 7. The smallest absolute Gasteiger partial charge is 0.207 e. The first-order valence-corrected chi connectivity index (χ1v) is 49.3. The van der Waals surface area contributed by atoms with E-state index in [-0.39, 0.29) is 11.2 Å². The topological polar surface area (TPSA) is 27.2 Å². The van der Waals surface area contributed by atoms with E-state index in [1.807, 2.05) is 91.0 Å². The Labute approximate surface area is 767 Å². The van der Waals surface area contributed by atoms with Crippen molar-refractivity contribution < 1.29 is 45.1 Å². The summed E-state index contributed by atoms with van der Waals surface area (Å²) in [6.07, 6.45) is 15.1. The largest absolute Gasteiger partial charge is 0.225 e. The number of halogens is 3. The standard InChI is InChI=1S/C20H14NS.C18H18NS.C16H14NS.C15H12NS.C14H8F2NS.C14H9FNS.C14H10NS/c1-2-4-14(5-3-1)15-6-7-17-16(12-15)13-21-10-8-19-18(20(17)21)9-11-22-19;1-18(2,3)13-4-5-14-12(10-13)11-19-8-6-16-15(17(14)19)7-9-20-16;1-10-7-11(2)15-12(8-10)9-17-5-3-14-13(16(15)17)4-6-18-14;1-10-2-3-12-11(8-10)9-16-6-4-14-13(15(12)16)5-7-17-14;15-9-5-8-7-17-3-1-12-10(2-4-18-12)14(17)13(8)11(16)6-9;15-10-1-2-11-9(7-10)8-16-5-3-13-12(14(11)16)4-6-17-13;1-2-4-11-10(3-1)9-15-7-5-13-12(14(11)15)6-8-16-13/h1-12H,13H2;4-10H,11H2,1-3H3;3-8H,9H2,1-2H3;2-8H,9H2,1H3;1-6H,7H2;1-7H,8H2;1-8H,9H2/q7*+1. The number of hydrogen-bond acceptors (Lipinski definition) is 7. The molecule has 0 fully saturated rings. The first-order chi connectivity index (χ1) is 62.5. The van der Waals surface area contributed by atoms with Crippen molar-refractivity contribution in [2.45, 2.75) is 92.8 Å². The Morgan fingerprint density at radius 3 is 1.05 bits per heavy atom. The lowest BCUT2D eigenvalue weighted by Crippen LogP contribution is -2.31. The maximum Gasteiger partial charge on any atom is 0.225 e. The molecule has 128 heavy (non-hydrogen) atoms. The summed E-state index contributed by atoms with van der Waals surface area (Å²) in [6, 6.07) is 82.6. The van der Waals surface area contributed by atoms with Crippen molar-refractivity contribution in [3.8, 4) is 89.9 Å². The zero-order valence-electron chi connectivity index (χ0n) is 71.2. The van der Waals surface area contributed by atoms with Crippen LogP contribution in [-0.2, 0) is 51.2 Å². The van der Waals surface area contributed by atoms with Crippen LogP contribution in [0.2, 0.25) is 0 Å². The highest BCUT2D eigenvalue weighted by Crippen LogP contribution is 2.45. The van der Waals surface area contributed by atoms with Crippen molar-refractivity contribution in [1.82, 2.24) is 0 Å². The predicted octanol–water partition coefficient (Wildman–Crippen LogP) is 26.8. The fraction of sp³-hybridized carbons (Fsp3) is 0.126. The molecule has 0 amide bonds. The molecule has 7 aliphatic heterocycles. The Bertz CT molecular complexity index is 8010. The summed E-state index contributed by atoms with van der Waals surface area (Å²) >= 11 is 12.5. The molecule has 7 aliphatic rings. The van der Waals surface area contributed by atoms with E-state index in [4.69, 9.17) is 0 Å². The summed E-state index contributed by atoms with van der Waals surface area (Å²) in [5, 5.41) is 24.2. The molecule has 14 aromatic heterocycles. The zero-order chi connectivity index (χ0) is 86.3. The lowest BCUT2D eigenvalue weighted by Gasteiger charge is -2.19. The van der Waals surface area contributed by atoms with Crippen molar-refractivity contribution in [1.29, 1.82) is 0 Å². The van der Waals surface area contributed by atoms with E-state index in [1.54, 1.807) is 34.8 Å². The van der Waals surface area contributed by atoms with E-state index in [0.717, 1.165) is 72.2 Å². The lowest BCUT2D eigenvalue weighted by molar-refractivity contribution is -0.671. The van der Waals surface area contributed by atoms with Crippen LogP contribution >= 0.6 is 79.4 Å². The fourth-order valence-electron chi connectivity index (χ4n) is 20.1. The maximum absolute atomic E-state index is 14.0. The number of benzene rings is 8. The van der Waals surface area contributed by atoms with Crippen molar-refractivity contribution >= 4 is 150 Å². The van der Waals surface area contributed by atoms with Crippen LogP contribution in [0.5, 0.6) is 0 Å². The van der Waals surface area contributed by atoms with Crippen LogP contribution in [0.3, 0.4) is 0 Å². The first-order valence-electron chi connectivity index (χ1n) is 43.2. The van der Waals surface area contributed by atoms with Gasteiger partial charge in [0.1, 0.15) is 17.5 Å². The number of fused-ring (bicyclic) bond motifs is 35. The molecule has 0 spiro atoms. The molecule has 29 rings (SSSR count). The highest BCUT2D eigenvalue weighted by Gasteiger charge is 2.38. The van der Waals surface area contributed by atoms with E-state index in [9.17, 15) is 13.2 Å². The Hall–Kier alpha value is -12.7. The minimum Gasteiger partial charge on any atom is -0.207 e. The van der Waals surface area contributed by atoms with E-state index in [1.165, 1.54) is 190 Å². The van der Waals surface area contributed by atoms with Gasteiger partial charge in [-0.05, 0) is 201 Å². The normalized spacial score (nSPS) is 12.8. The summed E-state index contributed by atoms with van der Waals surface area (Å²) in [6.45, 7) is 19.7. The van der Waals surface area contributed by atoms with Gasteiger partial charge in [-0.25, -0.2) is 13.2 Å². The fourth-order valence-corrected chi connectivity index (χ4v) is 25.6. The van der Waals surface area contributed by atoms with Crippen LogP contribution in [0, 0.1) is 38.2 Å². The molecule has 17 heteroatoms. The highest BCUT2D eigenvalue weighted by molar-refractivity contribution is 7.19. The molecule has 0 unspecified atom stereocenters. The molecular formula is C111H85F3N7S7+7. The van der Waals surface area contributed by atoms with Gasteiger partial charge < -0.3 is 0 Å². The van der Waals surface area contributed by atoms with E-state index in [2.05, 4.69) is 333 Å². The van der Waals surface area contributed by atoms with Gasteiger partial charge in [0, 0.05) is 120 Å². The van der Waals surface area contributed by atoms with Gasteiger partial charge in [-0.3, -0.25) is 0 Å². The molecule has 0 radical (unpaired) electrons. The third-order valence-corrected chi connectivity index (χ3v) is 32.0.